The second kappa shape index (κ2) is 6.42. The summed E-state index contributed by atoms with van der Waals surface area (Å²) in [4.78, 5) is 7.36. The van der Waals surface area contributed by atoms with E-state index in [2.05, 4.69) is 40.5 Å². The molecule has 4 rings (SSSR count). The van der Waals surface area contributed by atoms with Gasteiger partial charge >= 0.3 is 0 Å². The van der Waals surface area contributed by atoms with Crippen LogP contribution in [0.4, 0.5) is 5.69 Å². The molecular formula is C20H20ClN3. The van der Waals surface area contributed by atoms with E-state index in [0.29, 0.717) is 0 Å². The number of pyridine rings is 1. The first kappa shape index (κ1) is 15.4. The van der Waals surface area contributed by atoms with Crippen LogP contribution in [-0.2, 0) is 19.5 Å². The van der Waals surface area contributed by atoms with E-state index in [0.717, 1.165) is 47.7 Å². The quantitative estimate of drug-likeness (QED) is 0.763. The van der Waals surface area contributed by atoms with Crippen molar-refractivity contribution < 1.29 is 0 Å². The molecule has 1 N–H and O–H groups in total. The molecule has 122 valence electrons. The molecule has 0 unspecified atom stereocenters. The van der Waals surface area contributed by atoms with E-state index in [1.807, 2.05) is 25.2 Å². The van der Waals surface area contributed by atoms with Gasteiger partial charge in [0, 0.05) is 60.5 Å². The van der Waals surface area contributed by atoms with Crippen molar-refractivity contribution in [3.05, 3.63) is 70.4 Å². The summed E-state index contributed by atoms with van der Waals surface area (Å²) in [5.41, 5.74) is 6.03. The van der Waals surface area contributed by atoms with Gasteiger partial charge in [0.05, 0.1) is 5.52 Å². The molecule has 0 spiro atoms. The first-order valence-corrected chi connectivity index (χ1v) is 8.67. The number of rotatable bonds is 3. The highest BCUT2D eigenvalue weighted by Crippen LogP contribution is 2.33. The molecule has 0 fully saturated rings. The van der Waals surface area contributed by atoms with Crippen LogP contribution in [0.15, 0.2) is 48.5 Å². The third-order valence-electron chi connectivity index (χ3n) is 4.68. The predicted octanol–water partition coefficient (Wildman–Crippen LogP) is 4.49. The Labute approximate surface area is 147 Å². The zero-order chi connectivity index (χ0) is 16.5. The topological polar surface area (TPSA) is 28.2 Å². The summed E-state index contributed by atoms with van der Waals surface area (Å²) in [6, 6.07) is 16.6. The first-order valence-electron chi connectivity index (χ1n) is 8.29. The molecule has 0 amide bonds. The van der Waals surface area contributed by atoms with Crippen molar-refractivity contribution in [1.82, 2.24) is 9.88 Å². The molecule has 0 radical (unpaired) electrons. The Bertz CT molecular complexity index is 877. The van der Waals surface area contributed by atoms with Gasteiger partial charge in [0.15, 0.2) is 0 Å². The molecule has 0 saturated carbocycles. The molecule has 1 aliphatic rings. The molecular weight excluding hydrogens is 318 g/mol. The average Bonchev–Trinajstić information content (AvgIpc) is 2.61. The summed E-state index contributed by atoms with van der Waals surface area (Å²) in [5, 5.41) is 5.23. The Balaban J connectivity index is 1.71. The van der Waals surface area contributed by atoms with Crippen molar-refractivity contribution in [3.63, 3.8) is 0 Å². The molecule has 0 atom stereocenters. The monoisotopic (exact) mass is 337 g/mol. The minimum atomic E-state index is 0.748. The number of nitrogens with zero attached hydrogens (tertiary/aromatic N) is 2. The lowest BCUT2D eigenvalue weighted by atomic mass is 9.99. The van der Waals surface area contributed by atoms with Crippen LogP contribution < -0.4 is 5.32 Å². The van der Waals surface area contributed by atoms with Gasteiger partial charge in [0.25, 0.3) is 0 Å². The SMILES string of the molecule is CNc1c2c(nc3ccc(Cl)cc13)CCN(Cc1ccccc1)C2. The molecule has 2 heterocycles. The van der Waals surface area contributed by atoms with Crippen LogP contribution in [0, 0.1) is 0 Å². The van der Waals surface area contributed by atoms with Gasteiger partial charge in [-0.05, 0) is 23.8 Å². The highest BCUT2D eigenvalue weighted by molar-refractivity contribution is 6.31. The van der Waals surface area contributed by atoms with Gasteiger partial charge in [-0.2, -0.15) is 0 Å². The Hall–Kier alpha value is -2.10. The van der Waals surface area contributed by atoms with E-state index < -0.39 is 0 Å². The van der Waals surface area contributed by atoms with Crippen LogP contribution in [0.2, 0.25) is 5.02 Å². The predicted molar refractivity (Wildman–Crippen MR) is 101 cm³/mol. The zero-order valence-corrected chi connectivity index (χ0v) is 14.5. The zero-order valence-electron chi connectivity index (χ0n) is 13.7. The number of nitrogens with one attached hydrogen (secondary N) is 1. The Morgan fingerprint density at radius 1 is 1.17 bits per heavy atom. The standard InChI is InChI=1S/C20H20ClN3/c1-22-20-16-11-15(21)7-8-18(16)23-19-9-10-24(13-17(19)20)12-14-5-3-2-4-6-14/h2-8,11H,9-10,12-13H2,1H3,(H,22,23). The Morgan fingerprint density at radius 3 is 2.79 bits per heavy atom. The lowest BCUT2D eigenvalue weighted by Gasteiger charge is -2.30. The minimum absolute atomic E-state index is 0.748. The van der Waals surface area contributed by atoms with E-state index in [1.165, 1.54) is 16.8 Å². The second-order valence-corrected chi connectivity index (χ2v) is 6.71. The fourth-order valence-corrected chi connectivity index (χ4v) is 3.70. The van der Waals surface area contributed by atoms with Crippen molar-refractivity contribution in [2.24, 2.45) is 0 Å². The van der Waals surface area contributed by atoms with Crippen molar-refractivity contribution >= 4 is 28.2 Å². The van der Waals surface area contributed by atoms with Gasteiger partial charge in [-0.15, -0.1) is 0 Å². The molecule has 3 aromatic rings. The maximum absolute atomic E-state index is 6.20. The normalized spacial score (nSPS) is 14.6. The molecule has 24 heavy (non-hydrogen) atoms. The maximum atomic E-state index is 6.20. The van der Waals surface area contributed by atoms with Crippen LogP contribution in [0.25, 0.3) is 10.9 Å². The molecule has 0 bridgehead atoms. The van der Waals surface area contributed by atoms with E-state index in [9.17, 15) is 0 Å². The van der Waals surface area contributed by atoms with Crippen LogP contribution >= 0.6 is 11.6 Å². The van der Waals surface area contributed by atoms with Crippen molar-refractivity contribution in [2.45, 2.75) is 19.5 Å². The van der Waals surface area contributed by atoms with E-state index >= 15 is 0 Å². The molecule has 4 heteroatoms. The molecule has 0 aliphatic carbocycles. The van der Waals surface area contributed by atoms with Crippen molar-refractivity contribution in [2.75, 3.05) is 18.9 Å². The summed E-state index contributed by atoms with van der Waals surface area (Å²) < 4.78 is 0. The van der Waals surface area contributed by atoms with Crippen LogP contribution in [-0.4, -0.2) is 23.5 Å². The fourth-order valence-electron chi connectivity index (χ4n) is 3.53. The number of halogens is 1. The molecule has 3 nitrogen and oxygen atoms in total. The Kier molecular flexibility index (Phi) is 4.13. The van der Waals surface area contributed by atoms with Crippen LogP contribution in [0.3, 0.4) is 0 Å². The fraction of sp³-hybridized carbons (Fsp3) is 0.250. The third kappa shape index (κ3) is 2.85. The van der Waals surface area contributed by atoms with Gasteiger partial charge in [-0.25, -0.2) is 0 Å². The van der Waals surface area contributed by atoms with Crippen molar-refractivity contribution in [1.29, 1.82) is 0 Å². The first-order chi connectivity index (χ1) is 11.7. The molecule has 0 saturated heterocycles. The van der Waals surface area contributed by atoms with Gasteiger partial charge in [-0.3, -0.25) is 9.88 Å². The number of aromatic nitrogens is 1. The number of hydrogen-bond donors (Lipinski definition) is 1. The van der Waals surface area contributed by atoms with Crippen LogP contribution in [0.1, 0.15) is 16.8 Å². The summed E-state index contributed by atoms with van der Waals surface area (Å²) in [6.45, 7) is 2.92. The van der Waals surface area contributed by atoms with Crippen LogP contribution in [0.5, 0.6) is 0 Å². The van der Waals surface area contributed by atoms with Crippen molar-refractivity contribution in [3.8, 4) is 0 Å². The average molecular weight is 338 g/mol. The van der Waals surface area contributed by atoms with Gasteiger partial charge in [0.2, 0.25) is 0 Å². The highest BCUT2D eigenvalue weighted by Gasteiger charge is 2.22. The van der Waals surface area contributed by atoms with Gasteiger partial charge in [-0.1, -0.05) is 41.9 Å². The number of fused-ring (bicyclic) bond motifs is 2. The summed E-state index contributed by atoms with van der Waals surface area (Å²) >= 11 is 6.20. The van der Waals surface area contributed by atoms with Gasteiger partial charge in [0.1, 0.15) is 0 Å². The lowest BCUT2D eigenvalue weighted by Crippen LogP contribution is -2.31. The number of anilines is 1. The summed E-state index contributed by atoms with van der Waals surface area (Å²) in [6.07, 6.45) is 0.982. The Morgan fingerprint density at radius 2 is 2.00 bits per heavy atom. The smallest absolute Gasteiger partial charge is 0.0727 e. The lowest BCUT2D eigenvalue weighted by molar-refractivity contribution is 0.244. The summed E-state index contributed by atoms with van der Waals surface area (Å²) in [7, 11) is 1.98. The summed E-state index contributed by atoms with van der Waals surface area (Å²) in [5.74, 6) is 0. The van der Waals surface area contributed by atoms with Gasteiger partial charge < -0.3 is 5.32 Å². The second-order valence-electron chi connectivity index (χ2n) is 6.27. The minimum Gasteiger partial charge on any atom is -0.387 e. The highest BCUT2D eigenvalue weighted by atomic mass is 35.5. The molecule has 1 aliphatic heterocycles. The largest absolute Gasteiger partial charge is 0.387 e. The van der Waals surface area contributed by atoms with E-state index in [4.69, 9.17) is 16.6 Å². The number of hydrogen-bond acceptors (Lipinski definition) is 3. The van der Waals surface area contributed by atoms with E-state index in [1.54, 1.807) is 0 Å². The third-order valence-corrected chi connectivity index (χ3v) is 4.91. The maximum Gasteiger partial charge on any atom is 0.0727 e. The number of benzene rings is 2. The van der Waals surface area contributed by atoms with E-state index in [-0.39, 0.29) is 0 Å². The molecule has 1 aromatic heterocycles. The molecule has 2 aromatic carbocycles.